The molecule has 0 amide bonds. The highest BCUT2D eigenvalue weighted by Gasteiger charge is 2.25. The van der Waals surface area contributed by atoms with Gasteiger partial charge >= 0.3 is 8.60 Å². The molecule has 0 aromatic heterocycles. The van der Waals surface area contributed by atoms with E-state index in [4.69, 9.17) is 13.6 Å². The van der Waals surface area contributed by atoms with Crippen LogP contribution in [0.3, 0.4) is 0 Å². The molecule has 0 unspecified atom stereocenters. The molecule has 70 heavy (non-hydrogen) atoms. The van der Waals surface area contributed by atoms with E-state index >= 15 is 0 Å². The van der Waals surface area contributed by atoms with E-state index in [1.807, 2.05) is 0 Å². The minimum atomic E-state index is -1.81. The average molecular weight is 984 g/mol. The van der Waals surface area contributed by atoms with Gasteiger partial charge in [0.25, 0.3) is 0 Å². The van der Waals surface area contributed by atoms with Crippen molar-refractivity contribution in [3.05, 3.63) is 88.0 Å². The van der Waals surface area contributed by atoms with Gasteiger partial charge in [-0.15, -0.1) is 0 Å². The number of unbranched alkanes of at least 4 members (excludes halogenated alkanes) is 30. The largest absolute Gasteiger partial charge is 0.530 e. The Bertz CT molecular complexity index is 1470. The zero-order valence-electron chi connectivity index (χ0n) is 47.1. The van der Waals surface area contributed by atoms with E-state index in [9.17, 15) is 0 Å². The number of rotatable bonds is 48. The van der Waals surface area contributed by atoms with Crippen molar-refractivity contribution in [3.63, 3.8) is 0 Å². The number of benzene rings is 3. The highest BCUT2D eigenvalue weighted by atomic mass is 31.2. The van der Waals surface area contributed by atoms with Gasteiger partial charge in [0.05, 0.1) is 0 Å². The molecule has 0 saturated carbocycles. The summed E-state index contributed by atoms with van der Waals surface area (Å²) in [4.78, 5) is 0. The Morgan fingerprint density at radius 3 is 0.671 bits per heavy atom. The van der Waals surface area contributed by atoms with Gasteiger partial charge in [-0.2, -0.15) is 0 Å². The Hall–Kier alpha value is -2.51. The molecule has 0 aliphatic carbocycles. The molecular formula is C66H111O3P. The lowest BCUT2D eigenvalue weighted by molar-refractivity contribution is 0.382. The fourth-order valence-electron chi connectivity index (χ4n) is 10.1. The molecule has 3 rings (SSSR count). The molecule has 3 aromatic rings. The molecule has 0 N–H and O–H groups in total. The fourth-order valence-corrected chi connectivity index (χ4v) is 11.3. The van der Waals surface area contributed by atoms with Crippen LogP contribution in [0.2, 0.25) is 0 Å². The summed E-state index contributed by atoms with van der Waals surface area (Å²) in [6.45, 7) is 13.9. The van der Waals surface area contributed by atoms with Crippen molar-refractivity contribution in [2.75, 3.05) is 0 Å². The molecule has 3 aromatic carbocycles. The van der Waals surface area contributed by atoms with Crippen LogP contribution in [-0.4, -0.2) is 0 Å². The number of hydrogen-bond acceptors (Lipinski definition) is 3. The summed E-state index contributed by atoms with van der Waals surface area (Å²) in [6.07, 6.45) is 53.5. The highest BCUT2D eigenvalue weighted by molar-refractivity contribution is 7.43. The van der Waals surface area contributed by atoms with E-state index < -0.39 is 8.60 Å². The zero-order chi connectivity index (χ0) is 50.0. The Morgan fingerprint density at radius 1 is 0.243 bits per heavy atom. The summed E-state index contributed by atoms with van der Waals surface area (Å²) in [7, 11) is -1.81. The smallest absolute Gasteiger partial charge is 0.408 e. The summed E-state index contributed by atoms with van der Waals surface area (Å²) >= 11 is 0. The highest BCUT2D eigenvalue weighted by Crippen LogP contribution is 2.46. The lowest BCUT2D eigenvalue weighted by atomic mass is 9.99. The zero-order valence-corrected chi connectivity index (χ0v) is 48.0. The molecule has 0 aliphatic heterocycles. The third kappa shape index (κ3) is 29.3. The quantitative estimate of drug-likeness (QED) is 0.0417. The van der Waals surface area contributed by atoms with Crippen molar-refractivity contribution < 1.29 is 13.6 Å². The monoisotopic (exact) mass is 983 g/mol. The second-order valence-electron chi connectivity index (χ2n) is 21.4. The van der Waals surface area contributed by atoms with Crippen LogP contribution in [0.5, 0.6) is 17.2 Å². The summed E-state index contributed by atoms with van der Waals surface area (Å²) in [5, 5.41) is 0. The molecule has 0 saturated heterocycles. The second kappa shape index (κ2) is 42.9. The summed E-state index contributed by atoms with van der Waals surface area (Å²) < 4.78 is 21.7. The van der Waals surface area contributed by atoms with Gasteiger partial charge in [0.15, 0.2) is 0 Å². The molecule has 398 valence electrons. The van der Waals surface area contributed by atoms with Gasteiger partial charge in [0.2, 0.25) is 0 Å². The van der Waals surface area contributed by atoms with E-state index in [0.29, 0.717) is 0 Å². The second-order valence-corrected chi connectivity index (χ2v) is 22.4. The van der Waals surface area contributed by atoms with Gasteiger partial charge in [-0.05, 0) is 129 Å². The van der Waals surface area contributed by atoms with E-state index in [2.05, 4.69) is 96.1 Å². The molecule has 0 atom stereocenters. The minimum absolute atomic E-state index is 0.945. The maximum atomic E-state index is 7.23. The minimum Gasteiger partial charge on any atom is -0.408 e. The summed E-state index contributed by atoms with van der Waals surface area (Å²) in [5.74, 6) is 2.84. The van der Waals surface area contributed by atoms with E-state index in [0.717, 1.165) is 55.8 Å². The third-order valence-electron chi connectivity index (χ3n) is 14.7. The fraction of sp³-hybridized carbons (Fsp3) is 0.727. The predicted molar refractivity (Wildman–Crippen MR) is 311 cm³/mol. The molecule has 0 spiro atoms. The molecule has 0 heterocycles. The van der Waals surface area contributed by atoms with Crippen molar-refractivity contribution in [2.24, 2.45) is 0 Å². The van der Waals surface area contributed by atoms with Gasteiger partial charge in [-0.25, -0.2) is 0 Å². The molecule has 3 nitrogen and oxygen atoms in total. The standard InChI is InChI=1S/C66H111O3P/c1-7-13-19-25-31-37-43-58-49-52-64(61(55-58)46-40-34-28-22-16-10-4)67-70(68-65-53-50-59(44-38-32-26-20-14-8-2)56-62(65)47-41-35-29-23-17-11-5)69-66-54-51-60(45-39-33-27-21-15-9-3)57-63(66)48-42-36-30-24-18-12-6/h49-57H,7-48H2,1-6H3. The molecule has 0 aliphatic rings. The first kappa shape index (κ1) is 61.8. The van der Waals surface area contributed by atoms with Gasteiger partial charge in [-0.1, -0.05) is 271 Å². The van der Waals surface area contributed by atoms with Crippen LogP contribution in [0.4, 0.5) is 0 Å². The van der Waals surface area contributed by atoms with Crippen LogP contribution in [0.15, 0.2) is 54.6 Å². The maximum absolute atomic E-state index is 7.23. The van der Waals surface area contributed by atoms with Crippen molar-refractivity contribution in [3.8, 4) is 17.2 Å². The molecular weight excluding hydrogens is 872 g/mol. The number of hydrogen-bond donors (Lipinski definition) is 0. The Kier molecular flexibility index (Phi) is 37.9. The first-order valence-corrected chi connectivity index (χ1v) is 31.8. The van der Waals surface area contributed by atoms with Crippen molar-refractivity contribution >= 4 is 8.60 Å². The SMILES string of the molecule is CCCCCCCCc1ccc(OP(Oc2ccc(CCCCCCCC)cc2CCCCCCCC)Oc2ccc(CCCCCCCC)cc2CCCCCCCC)c(CCCCCCCC)c1. The maximum Gasteiger partial charge on any atom is 0.530 e. The van der Waals surface area contributed by atoms with Crippen LogP contribution in [0.1, 0.15) is 306 Å². The average Bonchev–Trinajstić information content (AvgIpc) is 3.37. The van der Waals surface area contributed by atoms with Crippen LogP contribution in [0.25, 0.3) is 0 Å². The van der Waals surface area contributed by atoms with E-state index in [-0.39, 0.29) is 0 Å². The van der Waals surface area contributed by atoms with Crippen LogP contribution in [-0.2, 0) is 38.5 Å². The summed E-state index contributed by atoms with van der Waals surface area (Å²) in [6, 6.07) is 21.2. The Labute approximate surface area is 436 Å². The molecule has 0 radical (unpaired) electrons. The van der Waals surface area contributed by atoms with Crippen molar-refractivity contribution in [1.29, 1.82) is 0 Å². The first-order valence-electron chi connectivity index (χ1n) is 30.7. The van der Waals surface area contributed by atoms with E-state index in [1.54, 1.807) is 0 Å². The van der Waals surface area contributed by atoms with Crippen molar-refractivity contribution in [1.82, 2.24) is 0 Å². The Morgan fingerprint density at radius 2 is 0.443 bits per heavy atom. The topological polar surface area (TPSA) is 27.7 Å². The molecule has 4 heteroatoms. The predicted octanol–water partition coefficient (Wildman–Crippen LogP) is 22.9. The molecule has 0 fully saturated rings. The molecule has 0 bridgehead atoms. The van der Waals surface area contributed by atoms with E-state index in [1.165, 1.54) is 265 Å². The van der Waals surface area contributed by atoms with Gasteiger partial charge < -0.3 is 13.6 Å². The Balaban J connectivity index is 2.02. The van der Waals surface area contributed by atoms with Gasteiger partial charge in [0, 0.05) is 0 Å². The normalized spacial score (nSPS) is 11.5. The first-order chi connectivity index (χ1) is 34.5. The lowest BCUT2D eigenvalue weighted by Gasteiger charge is -2.23. The van der Waals surface area contributed by atoms with Crippen molar-refractivity contribution in [2.45, 2.75) is 311 Å². The van der Waals surface area contributed by atoms with Gasteiger partial charge in [0.1, 0.15) is 17.2 Å². The lowest BCUT2D eigenvalue weighted by Crippen LogP contribution is -2.07. The van der Waals surface area contributed by atoms with Crippen LogP contribution >= 0.6 is 8.60 Å². The van der Waals surface area contributed by atoms with Gasteiger partial charge in [-0.3, -0.25) is 0 Å². The summed E-state index contributed by atoms with van der Waals surface area (Å²) in [5.41, 5.74) is 8.29. The van der Waals surface area contributed by atoms with Crippen LogP contribution in [0, 0.1) is 0 Å². The number of aryl methyl sites for hydroxylation is 6. The third-order valence-corrected chi connectivity index (χ3v) is 15.8. The van der Waals surface area contributed by atoms with Crippen LogP contribution < -0.4 is 13.6 Å².